The van der Waals surface area contributed by atoms with Gasteiger partial charge in [-0.15, -0.1) is 0 Å². The Balaban J connectivity index is 1.77. The Hall–Kier alpha value is -2.62. The number of benzene rings is 2. The fourth-order valence-electron chi connectivity index (χ4n) is 3.07. The highest BCUT2D eigenvalue weighted by Gasteiger charge is 2.20. The summed E-state index contributed by atoms with van der Waals surface area (Å²) < 4.78 is 0. The summed E-state index contributed by atoms with van der Waals surface area (Å²) in [5, 5.41) is 0. The minimum Gasteiger partial charge on any atom is -0.339 e. The summed E-state index contributed by atoms with van der Waals surface area (Å²) in [7, 11) is 0. The Morgan fingerprint density at radius 2 is 1.50 bits per heavy atom. The molecule has 4 nitrogen and oxygen atoms in total. The Morgan fingerprint density at radius 1 is 0.917 bits per heavy atom. The Labute approximate surface area is 142 Å². The van der Waals surface area contributed by atoms with Crippen LogP contribution in [0.5, 0.6) is 0 Å². The molecule has 24 heavy (non-hydrogen) atoms. The second-order valence-corrected chi connectivity index (χ2v) is 5.96. The van der Waals surface area contributed by atoms with Crippen LogP contribution in [0, 0.1) is 0 Å². The predicted molar refractivity (Wildman–Crippen MR) is 95.4 cm³/mol. The third-order valence-electron chi connectivity index (χ3n) is 4.40. The lowest BCUT2D eigenvalue weighted by Gasteiger charge is -2.21. The average molecular weight is 322 g/mol. The number of anilines is 1. The number of amides is 2. The lowest BCUT2D eigenvalue weighted by Crippen LogP contribution is -2.31. The summed E-state index contributed by atoms with van der Waals surface area (Å²) in [5.41, 5.74) is 2.12. The van der Waals surface area contributed by atoms with Crippen molar-refractivity contribution in [3.8, 4) is 0 Å². The smallest absolute Gasteiger partial charge is 0.258 e. The van der Waals surface area contributed by atoms with Crippen LogP contribution < -0.4 is 4.90 Å². The van der Waals surface area contributed by atoms with E-state index in [-0.39, 0.29) is 11.8 Å². The summed E-state index contributed by atoms with van der Waals surface area (Å²) in [6.07, 6.45) is 2.15. The molecule has 0 N–H and O–H groups in total. The van der Waals surface area contributed by atoms with Crippen molar-refractivity contribution in [3.05, 3.63) is 65.7 Å². The van der Waals surface area contributed by atoms with E-state index in [1.165, 1.54) is 0 Å². The fraction of sp³-hybridized carbons (Fsp3) is 0.300. The molecule has 1 fully saturated rings. The van der Waals surface area contributed by atoms with Crippen LogP contribution in [-0.4, -0.2) is 36.3 Å². The number of likely N-dealkylation sites (tertiary alicyclic amines) is 1. The minimum absolute atomic E-state index is 0.0520. The Kier molecular flexibility index (Phi) is 4.94. The van der Waals surface area contributed by atoms with Crippen LogP contribution in [0.3, 0.4) is 0 Å². The molecule has 2 amide bonds. The number of carbonyl (C=O) groups is 2. The fourth-order valence-corrected chi connectivity index (χ4v) is 3.07. The molecule has 1 saturated heterocycles. The number of carbonyl (C=O) groups excluding carboxylic acids is 2. The SMILES string of the molecule is CCN(C(=O)c1ccc(C(=O)N2CCCC2)cc1)c1ccccc1. The van der Waals surface area contributed by atoms with Crippen molar-refractivity contribution in [2.75, 3.05) is 24.5 Å². The van der Waals surface area contributed by atoms with E-state index in [4.69, 9.17) is 0 Å². The molecule has 0 saturated carbocycles. The van der Waals surface area contributed by atoms with Crippen LogP contribution in [0.2, 0.25) is 0 Å². The molecule has 4 heteroatoms. The molecule has 1 aliphatic rings. The molecule has 0 aliphatic carbocycles. The molecule has 3 rings (SSSR count). The van der Waals surface area contributed by atoms with Crippen molar-refractivity contribution in [1.82, 2.24) is 4.90 Å². The van der Waals surface area contributed by atoms with Crippen molar-refractivity contribution in [2.24, 2.45) is 0 Å². The second kappa shape index (κ2) is 7.30. The maximum absolute atomic E-state index is 12.7. The molecular formula is C20H22N2O2. The zero-order chi connectivity index (χ0) is 16.9. The first-order valence-electron chi connectivity index (χ1n) is 8.47. The van der Waals surface area contributed by atoms with Gasteiger partial charge in [0.05, 0.1) is 0 Å². The molecule has 0 atom stereocenters. The van der Waals surface area contributed by atoms with E-state index in [0.717, 1.165) is 31.6 Å². The first-order valence-corrected chi connectivity index (χ1v) is 8.47. The highest BCUT2D eigenvalue weighted by Crippen LogP contribution is 2.18. The van der Waals surface area contributed by atoms with Crippen LogP contribution in [0.1, 0.15) is 40.5 Å². The molecule has 0 radical (unpaired) electrons. The average Bonchev–Trinajstić information content (AvgIpc) is 3.17. The van der Waals surface area contributed by atoms with Gasteiger partial charge in [0.2, 0.25) is 0 Å². The summed E-state index contributed by atoms with van der Waals surface area (Å²) >= 11 is 0. The summed E-state index contributed by atoms with van der Waals surface area (Å²) in [6.45, 7) is 4.21. The molecule has 124 valence electrons. The number of hydrogen-bond donors (Lipinski definition) is 0. The van der Waals surface area contributed by atoms with Gasteiger partial charge in [0.1, 0.15) is 0 Å². The maximum atomic E-state index is 12.7. The first-order chi connectivity index (χ1) is 11.7. The summed E-state index contributed by atoms with van der Waals surface area (Å²) in [4.78, 5) is 28.7. The van der Waals surface area contributed by atoms with E-state index < -0.39 is 0 Å². The van der Waals surface area contributed by atoms with E-state index in [1.807, 2.05) is 42.2 Å². The van der Waals surface area contributed by atoms with E-state index in [1.54, 1.807) is 29.2 Å². The van der Waals surface area contributed by atoms with E-state index in [9.17, 15) is 9.59 Å². The van der Waals surface area contributed by atoms with Gasteiger partial charge in [0.25, 0.3) is 11.8 Å². The van der Waals surface area contributed by atoms with Gasteiger partial charge in [-0.3, -0.25) is 9.59 Å². The molecule has 2 aromatic rings. The van der Waals surface area contributed by atoms with Gasteiger partial charge < -0.3 is 9.80 Å². The van der Waals surface area contributed by atoms with Gasteiger partial charge in [-0.2, -0.15) is 0 Å². The van der Waals surface area contributed by atoms with Crippen LogP contribution in [0.15, 0.2) is 54.6 Å². The van der Waals surface area contributed by atoms with Crippen molar-refractivity contribution in [1.29, 1.82) is 0 Å². The minimum atomic E-state index is -0.0520. The quantitative estimate of drug-likeness (QED) is 0.863. The summed E-state index contributed by atoms with van der Waals surface area (Å²) in [6, 6.07) is 16.6. The van der Waals surface area contributed by atoms with E-state index >= 15 is 0 Å². The highest BCUT2D eigenvalue weighted by molar-refractivity contribution is 6.06. The topological polar surface area (TPSA) is 40.6 Å². The third-order valence-corrected chi connectivity index (χ3v) is 4.40. The predicted octanol–water partition coefficient (Wildman–Crippen LogP) is 3.59. The molecule has 2 aromatic carbocycles. The van der Waals surface area contributed by atoms with Crippen LogP contribution in [-0.2, 0) is 0 Å². The largest absolute Gasteiger partial charge is 0.339 e. The molecule has 0 aromatic heterocycles. The van der Waals surface area contributed by atoms with Crippen LogP contribution >= 0.6 is 0 Å². The van der Waals surface area contributed by atoms with E-state index in [0.29, 0.717) is 17.7 Å². The normalized spacial score (nSPS) is 13.8. The zero-order valence-corrected chi connectivity index (χ0v) is 13.9. The third kappa shape index (κ3) is 3.32. The molecular weight excluding hydrogens is 300 g/mol. The van der Waals surface area contributed by atoms with Gasteiger partial charge >= 0.3 is 0 Å². The van der Waals surface area contributed by atoms with Crippen molar-refractivity contribution < 1.29 is 9.59 Å². The van der Waals surface area contributed by atoms with Gasteiger partial charge in [0, 0.05) is 36.4 Å². The van der Waals surface area contributed by atoms with Gasteiger partial charge in [0.15, 0.2) is 0 Å². The van der Waals surface area contributed by atoms with Crippen molar-refractivity contribution in [3.63, 3.8) is 0 Å². The standard InChI is InChI=1S/C20H22N2O2/c1-2-22(18-8-4-3-5-9-18)20(24)17-12-10-16(11-13-17)19(23)21-14-6-7-15-21/h3-5,8-13H,2,6-7,14-15H2,1H3. The molecule has 1 heterocycles. The Morgan fingerprint density at radius 3 is 2.08 bits per heavy atom. The number of rotatable bonds is 4. The highest BCUT2D eigenvalue weighted by atomic mass is 16.2. The van der Waals surface area contributed by atoms with Gasteiger partial charge in [-0.1, -0.05) is 18.2 Å². The monoisotopic (exact) mass is 322 g/mol. The van der Waals surface area contributed by atoms with E-state index in [2.05, 4.69) is 0 Å². The molecule has 1 aliphatic heterocycles. The van der Waals surface area contributed by atoms with Gasteiger partial charge in [-0.05, 0) is 56.2 Å². The molecule has 0 bridgehead atoms. The van der Waals surface area contributed by atoms with Crippen molar-refractivity contribution >= 4 is 17.5 Å². The number of hydrogen-bond acceptors (Lipinski definition) is 2. The maximum Gasteiger partial charge on any atom is 0.258 e. The first kappa shape index (κ1) is 16.2. The number of para-hydroxylation sites is 1. The molecule has 0 unspecified atom stereocenters. The molecule has 0 spiro atoms. The lowest BCUT2D eigenvalue weighted by molar-refractivity contribution is 0.0792. The van der Waals surface area contributed by atoms with Gasteiger partial charge in [-0.25, -0.2) is 0 Å². The second-order valence-electron chi connectivity index (χ2n) is 5.96. The van der Waals surface area contributed by atoms with Crippen LogP contribution in [0.25, 0.3) is 0 Å². The number of nitrogens with zero attached hydrogens (tertiary/aromatic N) is 2. The zero-order valence-electron chi connectivity index (χ0n) is 13.9. The lowest BCUT2D eigenvalue weighted by atomic mass is 10.1. The summed E-state index contributed by atoms with van der Waals surface area (Å²) in [5.74, 6) is 0.00535. The Bertz CT molecular complexity index is 704. The van der Waals surface area contributed by atoms with Crippen molar-refractivity contribution in [2.45, 2.75) is 19.8 Å². The van der Waals surface area contributed by atoms with Crippen LogP contribution in [0.4, 0.5) is 5.69 Å².